The van der Waals surface area contributed by atoms with Crippen molar-refractivity contribution in [3.8, 4) is 5.75 Å². The number of carbonyl (C=O) groups excluding carboxylic acids is 1. The third-order valence-electron chi connectivity index (χ3n) is 5.08. The summed E-state index contributed by atoms with van der Waals surface area (Å²) in [7, 11) is -2.81. The van der Waals surface area contributed by atoms with Crippen LogP contribution in [0.5, 0.6) is 5.75 Å². The fourth-order valence-electron chi connectivity index (χ4n) is 3.25. The molecule has 2 aromatic carbocycles. The van der Waals surface area contributed by atoms with Gasteiger partial charge in [-0.15, -0.1) is 0 Å². The number of alkyl halides is 6. The molecule has 3 N–H and O–H groups in total. The fourth-order valence-corrected chi connectivity index (χ4v) is 4.13. The van der Waals surface area contributed by atoms with Crippen molar-refractivity contribution in [1.29, 1.82) is 0 Å². The van der Waals surface area contributed by atoms with Crippen molar-refractivity contribution < 1.29 is 53.8 Å². The molecule has 6 nitrogen and oxygen atoms in total. The van der Waals surface area contributed by atoms with Crippen LogP contribution in [0.25, 0.3) is 0 Å². The Morgan fingerprint density at radius 1 is 1.06 bits per heavy atom. The summed E-state index contributed by atoms with van der Waals surface area (Å²) in [6.45, 7) is 1.38. The van der Waals surface area contributed by atoms with Crippen molar-refractivity contribution in [3.05, 3.63) is 58.9 Å². The van der Waals surface area contributed by atoms with E-state index in [9.17, 15) is 49.1 Å². The minimum Gasteiger partial charge on any atom is -0.496 e. The molecule has 2 rings (SSSR count). The SMILES string of the molecule is CCS(=O)(=O)c1ccc(C(C(N)=O)c2cc(F)c(C(O)(C(F)(F)F)C(F)(F)F)cc2OC)cc1. The number of halogens is 7. The van der Waals surface area contributed by atoms with E-state index in [-0.39, 0.29) is 28.3 Å². The highest BCUT2D eigenvalue weighted by Gasteiger charge is 2.72. The lowest BCUT2D eigenvalue weighted by molar-refractivity contribution is -0.377. The van der Waals surface area contributed by atoms with Gasteiger partial charge in [0.2, 0.25) is 5.91 Å². The molecule has 0 aliphatic carbocycles. The molecule has 1 atom stereocenters. The predicted octanol–water partition coefficient (Wildman–Crippen LogP) is 3.56. The molecular formula is C20H18F7NO5S. The van der Waals surface area contributed by atoms with E-state index >= 15 is 0 Å². The fraction of sp³-hybridized carbons (Fsp3) is 0.350. The van der Waals surface area contributed by atoms with Gasteiger partial charge in [-0.1, -0.05) is 19.1 Å². The molecular weight excluding hydrogens is 499 g/mol. The zero-order valence-electron chi connectivity index (χ0n) is 17.5. The number of benzene rings is 2. The summed E-state index contributed by atoms with van der Waals surface area (Å²) in [5.74, 6) is -6.03. The number of ether oxygens (including phenoxy) is 1. The summed E-state index contributed by atoms with van der Waals surface area (Å²) in [5, 5.41) is 9.55. The predicted molar refractivity (Wildman–Crippen MR) is 104 cm³/mol. The summed E-state index contributed by atoms with van der Waals surface area (Å²) < 4.78 is 123. The van der Waals surface area contributed by atoms with Crippen LogP contribution in [0, 0.1) is 5.82 Å². The average Bonchev–Trinajstić information content (AvgIpc) is 2.72. The molecule has 0 fully saturated rings. The van der Waals surface area contributed by atoms with Gasteiger partial charge in [-0.05, 0) is 29.8 Å². The van der Waals surface area contributed by atoms with Gasteiger partial charge in [0.25, 0.3) is 5.60 Å². The van der Waals surface area contributed by atoms with Gasteiger partial charge in [0.05, 0.1) is 23.7 Å². The zero-order valence-corrected chi connectivity index (χ0v) is 18.3. The highest BCUT2D eigenvalue weighted by molar-refractivity contribution is 7.91. The Morgan fingerprint density at radius 2 is 1.56 bits per heavy atom. The molecule has 0 radical (unpaired) electrons. The molecule has 0 bridgehead atoms. The monoisotopic (exact) mass is 517 g/mol. The summed E-state index contributed by atoms with van der Waals surface area (Å²) in [5.41, 5.74) is -3.02. The van der Waals surface area contributed by atoms with Gasteiger partial charge < -0.3 is 15.6 Å². The van der Waals surface area contributed by atoms with Crippen molar-refractivity contribution in [2.75, 3.05) is 12.9 Å². The third kappa shape index (κ3) is 4.69. The van der Waals surface area contributed by atoms with Crippen LogP contribution in [0.15, 0.2) is 41.3 Å². The second kappa shape index (κ2) is 9.06. The molecule has 0 aliphatic heterocycles. The molecule has 0 saturated carbocycles. The highest BCUT2D eigenvalue weighted by atomic mass is 32.2. The third-order valence-corrected chi connectivity index (χ3v) is 6.83. The minimum absolute atomic E-state index is 0.0164. The van der Waals surface area contributed by atoms with Crippen LogP contribution in [0.4, 0.5) is 30.7 Å². The summed E-state index contributed by atoms with van der Waals surface area (Å²) >= 11 is 0. The topological polar surface area (TPSA) is 107 Å². The van der Waals surface area contributed by atoms with Crippen LogP contribution in [-0.2, 0) is 20.2 Å². The number of amides is 1. The van der Waals surface area contributed by atoms with E-state index in [0.29, 0.717) is 0 Å². The number of aliphatic hydroxyl groups is 1. The molecule has 34 heavy (non-hydrogen) atoms. The molecule has 188 valence electrons. The summed E-state index contributed by atoms with van der Waals surface area (Å²) in [4.78, 5) is 12.0. The molecule has 1 unspecified atom stereocenters. The largest absolute Gasteiger partial charge is 0.496 e. The molecule has 14 heteroatoms. The van der Waals surface area contributed by atoms with Crippen LogP contribution in [0.2, 0.25) is 0 Å². The Hall–Kier alpha value is -2.87. The second-order valence-corrected chi connectivity index (χ2v) is 9.37. The van der Waals surface area contributed by atoms with Gasteiger partial charge in [-0.3, -0.25) is 4.79 Å². The first-order valence-electron chi connectivity index (χ1n) is 9.28. The van der Waals surface area contributed by atoms with E-state index in [4.69, 9.17) is 10.5 Å². The number of carbonyl (C=O) groups is 1. The summed E-state index contributed by atoms with van der Waals surface area (Å²) in [6.07, 6.45) is -12.7. The number of nitrogens with two attached hydrogens (primary N) is 1. The first-order valence-corrected chi connectivity index (χ1v) is 10.9. The van der Waals surface area contributed by atoms with Gasteiger partial charge in [-0.2, -0.15) is 26.3 Å². The number of hydrogen-bond donors (Lipinski definition) is 2. The Bertz CT molecular complexity index is 1160. The van der Waals surface area contributed by atoms with Crippen LogP contribution in [0.3, 0.4) is 0 Å². The van der Waals surface area contributed by atoms with Gasteiger partial charge >= 0.3 is 12.4 Å². The van der Waals surface area contributed by atoms with Crippen LogP contribution in [0.1, 0.15) is 29.5 Å². The zero-order chi connectivity index (χ0) is 26.3. The molecule has 0 spiro atoms. The first-order chi connectivity index (χ1) is 15.4. The van der Waals surface area contributed by atoms with Crippen molar-refractivity contribution in [2.45, 2.75) is 35.7 Å². The van der Waals surface area contributed by atoms with Crippen LogP contribution in [-0.4, -0.2) is 44.6 Å². The minimum atomic E-state index is -6.36. The molecule has 0 saturated heterocycles. The van der Waals surface area contributed by atoms with Crippen molar-refractivity contribution >= 4 is 15.7 Å². The molecule has 0 aromatic heterocycles. The maximum Gasteiger partial charge on any atom is 0.430 e. The number of rotatable bonds is 7. The van der Waals surface area contributed by atoms with Gasteiger partial charge in [-0.25, -0.2) is 12.8 Å². The maximum absolute atomic E-state index is 14.7. The molecule has 0 aliphatic rings. The smallest absolute Gasteiger partial charge is 0.430 e. The lowest BCUT2D eigenvalue weighted by Gasteiger charge is -2.33. The van der Waals surface area contributed by atoms with E-state index < -0.39 is 62.3 Å². The van der Waals surface area contributed by atoms with Crippen LogP contribution >= 0.6 is 0 Å². The average molecular weight is 517 g/mol. The quantitative estimate of drug-likeness (QED) is 0.547. The Morgan fingerprint density at radius 3 is 1.94 bits per heavy atom. The molecule has 1 amide bonds. The number of methoxy groups -OCH3 is 1. The maximum atomic E-state index is 14.7. The van der Waals surface area contributed by atoms with Crippen molar-refractivity contribution in [1.82, 2.24) is 0 Å². The second-order valence-electron chi connectivity index (χ2n) is 7.09. The highest BCUT2D eigenvalue weighted by Crippen LogP contribution is 2.52. The Balaban J connectivity index is 2.75. The van der Waals surface area contributed by atoms with Gasteiger partial charge in [0.15, 0.2) is 9.84 Å². The first kappa shape index (κ1) is 27.4. The normalized spacial score (nSPS) is 14.1. The van der Waals surface area contributed by atoms with E-state index in [2.05, 4.69) is 0 Å². The van der Waals surface area contributed by atoms with Crippen LogP contribution < -0.4 is 10.5 Å². The lowest BCUT2D eigenvalue weighted by atomic mass is 9.85. The molecule has 2 aromatic rings. The Kier molecular flexibility index (Phi) is 7.29. The van der Waals surface area contributed by atoms with Gasteiger partial charge in [0.1, 0.15) is 11.6 Å². The molecule has 0 heterocycles. The standard InChI is InChI=1S/C20H18F7NO5S/c1-3-34(31,32)11-6-4-10(5-7-11)16(17(28)29)12-8-14(21)13(9-15(12)33-2)18(30,19(22,23)24)20(25,26)27/h4-9,16,30H,3H2,1-2H3,(H2,28,29). The Labute approximate surface area is 189 Å². The van der Waals surface area contributed by atoms with E-state index in [0.717, 1.165) is 31.4 Å². The van der Waals surface area contributed by atoms with E-state index in [1.165, 1.54) is 6.92 Å². The number of primary amides is 1. The van der Waals surface area contributed by atoms with Gasteiger partial charge in [0, 0.05) is 11.1 Å². The van der Waals surface area contributed by atoms with Crippen molar-refractivity contribution in [2.24, 2.45) is 5.73 Å². The number of sulfone groups is 1. The van der Waals surface area contributed by atoms with Crippen molar-refractivity contribution in [3.63, 3.8) is 0 Å². The lowest BCUT2D eigenvalue weighted by Crippen LogP contribution is -2.54. The summed E-state index contributed by atoms with van der Waals surface area (Å²) in [6, 6.07) is 4.62. The van der Waals surface area contributed by atoms with E-state index in [1.807, 2.05) is 0 Å². The van der Waals surface area contributed by atoms with E-state index in [1.54, 1.807) is 0 Å². The number of hydrogen-bond acceptors (Lipinski definition) is 5.